The lowest BCUT2D eigenvalue weighted by atomic mass is 9.91. The zero-order valence-corrected chi connectivity index (χ0v) is 18.2. The molecule has 0 fully saturated rings. The molecule has 2 N–H and O–H groups in total. The molecule has 0 radical (unpaired) electrons. The number of carbonyl (C=O) groups excluding carboxylic acids is 2. The van der Waals surface area contributed by atoms with E-state index in [2.05, 4.69) is 10.6 Å². The van der Waals surface area contributed by atoms with Crippen molar-refractivity contribution in [1.29, 1.82) is 0 Å². The van der Waals surface area contributed by atoms with Crippen LogP contribution in [-0.4, -0.2) is 37.4 Å². The summed E-state index contributed by atoms with van der Waals surface area (Å²) in [6, 6.07) is 17.4. The van der Waals surface area contributed by atoms with Crippen LogP contribution in [0.15, 0.2) is 54.6 Å². The highest BCUT2D eigenvalue weighted by Gasteiger charge is 2.23. The van der Waals surface area contributed by atoms with Crippen LogP contribution >= 0.6 is 0 Å². The van der Waals surface area contributed by atoms with Crippen molar-refractivity contribution in [2.75, 3.05) is 25.0 Å². The minimum absolute atomic E-state index is 0.252. The normalized spacial score (nSPS) is 12.0. The van der Waals surface area contributed by atoms with E-state index in [0.29, 0.717) is 19.7 Å². The quantitative estimate of drug-likeness (QED) is 0.461. The Labute approximate surface area is 179 Å². The first-order valence-electron chi connectivity index (χ1n) is 10.3. The molecule has 6 heteroatoms. The second-order valence-electron chi connectivity index (χ2n) is 7.93. The number of esters is 1. The third kappa shape index (κ3) is 7.78. The van der Waals surface area contributed by atoms with E-state index in [0.717, 1.165) is 23.2 Å². The highest BCUT2D eigenvalue weighted by Crippen LogP contribution is 2.27. The molecule has 2 aromatic rings. The van der Waals surface area contributed by atoms with Crippen LogP contribution in [0.3, 0.4) is 0 Å². The molecular weight excluding hydrogens is 380 g/mol. The lowest BCUT2D eigenvalue weighted by molar-refractivity contribution is -0.143. The van der Waals surface area contributed by atoms with Crippen LogP contribution in [0, 0.1) is 0 Å². The fraction of sp³-hybridized carbons (Fsp3) is 0.417. The number of alkyl carbamates (subject to hydrolysis) is 1. The lowest BCUT2D eigenvalue weighted by Gasteiger charge is -2.19. The molecule has 0 saturated heterocycles. The van der Waals surface area contributed by atoms with Gasteiger partial charge in [0.2, 0.25) is 0 Å². The van der Waals surface area contributed by atoms with Crippen LogP contribution in [0.2, 0.25) is 0 Å². The maximum atomic E-state index is 12.5. The first kappa shape index (κ1) is 23.3. The molecule has 1 atom stereocenters. The minimum atomic E-state index is -0.495. The van der Waals surface area contributed by atoms with Crippen molar-refractivity contribution in [3.05, 3.63) is 65.7 Å². The van der Waals surface area contributed by atoms with Crippen molar-refractivity contribution in [3.8, 4) is 0 Å². The number of rotatable bonds is 9. The first-order valence-corrected chi connectivity index (χ1v) is 10.3. The van der Waals surface area contributed by atoms with Gasteiger partial charge in [0.25, 0.3) is 0 Å². The average molecular weight is 413 g/mol. The third-order valence-corrected chi connectivity index (χ3v) is 4.25. The number of hydrogen-bond donors (Lipinski definition) is 2. The van der Waals surface area contributed by atoms with Gasteiger partial charge in [0.15, 0.2) is 0 Å². The van der Waals surface area contributed by atoms with Gasteiger partial charge in [-0.05, 0) is 57.4 Å². The molecule has 30 heavy (non-hydrogen) atoms. The average Bonchev–Trinajstić information content (AvgIpc) is 2.69. The van der Waals surface area contributed by atoms with Crippen LogP contribution in [-0.2, 0) is 14.3 Å². The second-order valence-corrected chi connectivity index (χ2v) is 7.93. The monoisotopic (exact) mass is 412 g/mol. The van der Waals surface area contributed by atoms with Crippen molar-refractivity contribution in [1.82, 2.24) is 5.32 Å². The van der Waals surface area contributed by atoms with E-state index in [1.165, 1.54) is 0 Å². The van der Waals surface area contributed by atoms with Gasteiger partial charge in [-0.15, -0.1) is 0 Å². The largest absolute Gasteiger partial charge is 0.465 e. The molecule has 2 aromatic carbocycles. The molecule has 0 aliphatic rings. The molecule has 0 aliphatic carbocycles. The highest BCUT2D eigenvalue weighted by molar-refractivity contribution is 5.82. The van der Waals surface area contributed by atoms with E-state index in [1.807, 2.05) is 82.3 Å². The Morgan fingerprint density at radius 3 is 2.17 bits per heavy atom. The van der Waals surface area contributed by atoms with Crippen LogP contribution < -0.4 is 10.6 Å². The fourth-order valence-electron chi connectivity index (χ4n) is 2.95. The molecule has 0 aliphatic heterocycles. The molecule has 2 rings (SSSR count). The van der Waals surface area contributed by atoms with Crippen molar-refractivity contribution >= 4 is 17.7 Å². The van der Waals surface area contributed by atoms with Crippen LogP contribution in [0.1, 0.15) is 51.2 Å². The van der Waals surface area contributed by atoms with E-state index in [9.17, 15) is 9.59 Å². The van der Waals surface area contributed by atoms with Gasteiger partial charge in [-0.3, -0.25) is 4.79 Å². The number of ether oxygens (including phenoxy) is 2. The van der Waals surface area contributed by atoms with Crippen molar-refractivity contribution in [2.24, 2.45) is 0 Å². The molecule has 0 bridgehead atoms. The summed E-state index contributed by atoms with van der Waals surface area (Å²) in [5, 5.41) is 6.06. The summed E-state index contributed by atoms with van der Waals surface area (Å²) in [5.41, 5.74) is 2.25. The Bertz CT molecular complexity index is 798. The third-order valence-electron chi connectivity index (χ3n) is 4.25. The topological polar surface area (TPSA) is 76.7 Å². The smallest absolute Gasteiger partial charge is 0.407 e. The molecular formula is C24H32N2O4. The van der Waals surface area contributed by atoms with Crippen molar-refractivity contribution < 1.29 is 19.1 Å². The number of anilines is 1. The number of benzene rings is 2. The van der Waals surface area contributed by atoms with Gasteiger partial charge in [-0.1, -0.05) is 42.5 Å². The van der Waals surface area contributed by atoms with Gasteiger partial charge in [-0.2, -0.15) is 0 Å². The van der Waals surface area contributed by atoms with Crippen LogP contribution in [0.5, 0.6) is 0 Å². The number of hydrogen-bond acceptors (Lipinski definition) is 5. The van der Waals surface area contributed by atoms with Crippen LogP contribution in [0.4, 0.5) is 10.5 Å². The first-order chi connectivity index (χ1) is 14.3. The Morgan fingerprint density at radius 1 is 0.933 bits per heavy atom. The summed E-state index contributed by atoms with van der Waals surface area (Å²) in [4.78, 5) is 24.2. The molecule has 0 aromatic heterocycles. The number of amides is 1. The van der Waals surface area contributed by atoms with Crippen molar-refractivity contribution in [2.45, 2.75) is 45.6 Å². The maximum absolute atomic E-state index is 12.5. The Kier molecular flexibility index (Phi) is 8.71. The molecule has 0 spiro atoms. The van der Waals surface area contributed by atoms with E-state index in [1.54, 1.807) is 0 Å². The molecule has 0 saturated carbocycles. The highest BCUT2D eigenvalue weighted by atomic mass is 16.6. The minimum Gasteiger partial charge on any atom is -0.465 e. The Hall–Kier alpha value is -3.02. The summed E-state index contributed by atoms with van der Waals surface area (Å²) < 4.78 is 10.5. The summed E-state index contributed by atoms with van der Waals surface area (Å²) >= 11 is 0. The predicted molar refractivity (Wildman–Crippen MR) is 119 cm³/mol. The van der Waals surface area contributed by atoms with Crippen molar-refractivity contribution in [3.63, 3.8) is 0 Å². The standard InChI is InChI=1S/C24H32N2O4/c1-5-29-22(27)21(18-10-7-6-8-11-18)19-12-14-20(15-13-19)25-16-9-17-26-23(28)30-24(2,3)4/h6-8,10-15,21,25H,5,9,16-17H2,1-4H3,(H,26,28). The zero-order chi connectivity index (χ0) is 22.0. The van der Waals surface area contributed by atoms with Crippen LogP contribution in [0.25, 0.3) is 0 Å². The van der Waals surface area contributed by atoms with E-state index in [4.69, 9.17) is 9.47 Å². The summed E-state index contributed by atoms with van der Waals surface area (Å²) in [7, 11) is 0. The van der Waals surface area contributed by atoms with Gasteiger partial charge in [0, 0.05) is 18.8 Å². The summed E-state index contributed by atoms with van der Waals surface area (Å²) in [6.07, 6.45) is 0.356. The zero-order valence-electron chi connectivity index (χ0n) is 18.2. The fourth-order valence-corrected chi connectivity index (χ4v) is 2.95. The van der Waals surface area contributed by atoms with E-state index < -0.39 is 17.6 Å². The second kappa shape index (κ2) is 11.2. The molecule has 162 valence electrons. The van der Waals surface area contributed by atoms with Gasteiger partial charge in [0.1, 0.15) is 11.5 Å². The Morgan fingerprint density at radius 2 is 1.57 bits per heavy atom. The number of nitrogens with one attached hydrogen (secondary N) is 2. The predicted octanol–water partition coefficient (Wildman–Crippen LogP) is 4.71. The number of carbonyl (C=O) groups is 2. The van der Waals surface area contributed by atoms with Gasteiger partial charge in [-0.25, -0.2) is 4.79 Å². The summed E-state index contributed by atoms with van der Waals surface area (Å²) in [5.74, 6) is -0.698. The summed E-state index contributed by atoms with van der Waals surface area (Å²) in [6.45, 7) is 8.89. The maximum Gasteiger partial charge on any atom is 0.407 e. The van der Waals surface area contributed by atoms with E-state index >= 15 is 0 Å². The SMILES string of the molecule is CCOC(=O)C(c1ccccc1)c1ccc(NCCCNC(=O)OC(C)(C)C)cc1. The molecule has 0 heterocycles. The van der Waals surface area contributed by atoms with Gasteiger partial charge >= 0.3 is 12.1 Å². The van der Waals surface area contributed by atoms with Gasteiger partial charge < -0.3 is 20.1 Å². The Balaban J connectivity index is 1.88. The molecule has 1 unspecified atom stereocenters. The molecule has 1 amide bonds. The van der Waals surface area contributed by atoms with E-state index in [-0.39, 0.29) is 5.97 Å². The molecule has 6 nitrogen and oxygen atoms in total. The lowest BCUT2D eigenvalue weighted by Crippen LogP contribution is -2.33. The van der Waals surface area contributed by atoms with Gasteiger partial charge in [0.05, 0.1) is 6.61 Å².